The minimum atomic E-state index is 0.789. The van der Waals surface area contributed by atoms with Gasteiger partial charge in [-0.15, -0.1) is 0 Å². The third kappa shape index (κ3) is 2.17. The second-order valence-corrected chi connectivity index (χ2v) is 4.31. The van der Waals surface area contributed by atoms with Crippen molar-refractivity contribution in [3.63, 3.8) is 0 Å². The maximum absolute atomic E-state index is 10.9. The van der Waals surface area contributed by atoms with Gasteiger partial charge in [0.2, 0.25) is 0 Å². The predicted molar refractivity (Wildman–Crippen MR) is 62.8 cm³/mol. The molecule has 1 aliphatic carbocycles. The van der Waals surface area contributed by atoms with Crippen LogP contribution in [0.15, 0.2) is 30.3 Å². The Morgan fingerprint density at radius 3 is 2.80 bits per heavy atom. The molecule has 0 heterocycles. The molecule has 0 aromatic heterocycles. The highest BCUT2D eigenvalue weighted by Crippen LogP contribution is 2.30. The van der Waals surface area contributed by atoms with Gasteiger partial charge in [0.15, 0.2) is 6.29 Å². The molecule has 1 atom stereocenters. The molecule has 0 fully saturated rings. The normalized spacial score (nSPS) is 20.9. The summed E-state index contributed by atoms with van der Waals surface area (Å²) in [7, 11) is 0. The molecule has 0 aliphatic heterocycles. The summed E-state index contributed by atoms with van der Waals surface area (Å²) in [6.07, 6.45) is 6.72. The summed E-state index contributed by atoms with van der Waals surface area (Å²) in [6, 6.07) is 7.85. The highest BCUT2D eigenvalue weighted by atomic mass is 16.1. The fourth-order valence-corrected chi connectivity index (χ4v) is 2.10. The van der Waals surface area contributed by atoms with Gasteiger partial charge in [0.1, 0.15) is 0 Å². The number of aldehydes is 1. The van der Waals surface area contributed by atoms with E-state index in [1.54, 1.807) is 0 Å². The second kappa shape index (κ2) is 4.43. The number of benzene rings is 1. The third-order valence-corrected chi connectivity index (χ3v) is 3.11. The monoisotopic (exact) mass is 200 g/mol. The van der Waals surface area contributed by atoms with Crippen molar-refractivity contribution in [1.29, 1.82) is 0 Å². The summed E-state index contributed by atoms with van der Waals surface area (Å²) < 4.78 is 0. The minimum absolute atomic E-state index is 0.789. The van der Waals surface area contributed by atoms with E-state index in [1.165, 1.54) is 12.0 Å². The first-order valence-corrected chi connectivity index (χ1v) is 5.55. The zero-order valence-electron chi connectivity index (χ0n) is 9.07. The van der Waals surface area contributed by atoms with Gasteiger partial charge in [-0.1, -0.05) is 37.3 Å². The average Bonchev–Trinajstić information content (AvgIpc) is 2.30. The first-order valence-electron chi connectivity index (χ1n) is 5.55. The minimum Gasteiger partial charge on any atom is -0.298 e. The molecular formula is C14H16O. The van der Waals surface area contributed by atoms with E-state index in [0.29, 0.717) is 0 Å². The van der Waals surface area contributed by atoms with Crippen LogP contribution in [0, 0.1) is 5.92 Å². The lowest BCUT2D eigenvalue weighted by molar-refractivity contribution is 0.112. The molecule has 0 amide bonds. The van der Waals surface area contributed by atoms with Crippen LogP contribution in [0.4, 0.5) is 0 Å². The van der Waals surface area contributed by atoms with Gasteiger partial charge in [0, 0.05) is 5.56 Å². The van der Waals surface area contributed by atoms with E-state index in [-0.39, 0.29) is 0 Å². The van der Waals surface area contributed by atoms with Crippen LogP contribution in [0.1, 0.15) is 42.1 Å². The SMILES string of the molecule is CC1CC=C(c2ccccc2C=O)CC1. The van der Waals surface area contributed by atoms with E-state index in [4.69, 9.17) is 0 Å². The Kier molecular flexibility index (Phi) is 3.00. The van der Waals surface area contributed by atoms with E-state index in [9.17, 15) is 4.79 Å². The van der Waals surface area contributed by atoms with Crippen LogP contribution in [-0.2, 0) is 0 Å². The lowest BCUT2D eigenvalue weighted by Crippen LogP contribution is -2.02. The van der Waals surface area contributed by atoms with Crippen LogP contribution in [0.25, 0.3) is 5.57 Å². The van der Waals surface area contributed by atoms with Crippen molar-refractivity contribution in [2.75, 3.05) is 0 Å². The zero-order chi connectivity index (χ0) is 10.7. The molecular weight excluding hydrogens is 184 g/mol. The van der Waals surface area contributed by atoms with Crippen molar-refractivity contribution in [2.24, 2.45) is 5.92 Å². The third-order valence-electron chi connectivity index (χ3n) is 3.11. The first-order chi connectivity index (χ1) is 7.31. The molecule has 0 radical (unpaired) electrons. The Morgan fingerprint density at radius 2 is 2.13 bits per heavy atom. The molecule has 0 spiro atoms. The van der Waals surface area contributed by atoms with Crippen LogP contribution in [0.2, 0.25) is 0 Å². The van der Waals surface area contributed by atoms with Crippen LogP contribution in [0.5, 0.6) is 0 Å². The topological polar surface area (TPSA) is 17.1 Å². The van der Waals surface area contributed by atoms with E-state index < -0.39 is 0 Å². The van der Waals surface area contributed by atoms with Crippen molar-refractivity contribution in [3.05, 3.63) is 41.5 Å². The highest BCUT2D eigenvalue weighted by molar-refractivity contribution is 5.85. The van der Waals surface area contributed by atoms with E-state index in [1.807, 2.05) is 24.3 Å². The van der Waals surface area contributed by atoms with Crippen molar-refractivity contribution in [3.8, 4) is 0 Å². The molecule has 0 bridgehead atoms. The number of rotatable bonds is 2. The Morgan fingerprint density at radius 1 is 1.33 bits per heavy atom. The van der Waals surface area contributed by atoms with Gasteiger partial charge in [0.25, 0.3) is 0 Å². The number of carbonyl (C=O) groups is 1. The molecule has 15 heavy (non-hydrogen) atoms. The lowest BCUT2D eigenvalue weighted by atomic mass is 9.86. The maximum Gasteiger partial charge on any atom is 0.150 e. The van der Waals surface area contributed by atoms with Crippen LogP contribution < -0.4 is 0 Å². The Hall–Kier alpha value is -1.37. The Labute approximate surface area is 90.8 Å². The van der Waals surface area contributed by atoms with E-state index in [2.05, 4.69) is 13.0 Å². The number of hydrogen-bond acceptors (Lipinski definition) is 1. The van der Waals surface area contributed by atoms with Crippen LogP contribution in [0.3, 0.4) is 0 Å². The fraction of sp³-hybridized carbons (Fsp3) is 0.357. The quantitative estimate of drug-likeness (QED) is 0.665. The molecule has 0 N–H and O–H groups in total. The van der Waals surface area contributed by atoms with Crippen molar-refractivity contribution < 1.29 is 4.79 Å². The highest BCUT2D eigenvalue weighted by Gasteiger charge is 2.13. The Balaban J connectivity index is 2.33. The maximum atomic E-state index is 10.9. The molecule has 0 saturated heterocycles. The van der Waals surface area contributed by atoms with Crippen LogP contribution in [-0.4, -0.2) is 6.29 Å². The summed E-state index contributed by atoms with van der Waals surface area (Å²) in [5, 5.41) is 0. The molecule has 1 nitrogen and oxygen atoms in total. The molecule has 1 unspecified atom stereocenters. The molecule has 1 heteroatoms. The van der Waals surface area contributed by atoms with Gasteiger partial charge < -0.3 is 0 Å². The summed E-state index contributed by atoms with van der Waals surface area (Å²) in [4.78, 5) is 10.9. The molecule has 1 aromatic carbocycles. The molecule has 78 valence electrons. The second-order valence-electron chi connectivity index (χ2n) is 4.31. The predicted octanol–water partition coefficient (Wildman–Crippen LogP) is 3.70. The summed E-state index contributed by atoms with van der Waals surface area (Å²) in [5.74, 6) is 0.789. The molecule has 2 rings (SSSR count). The van der Waals surface area contributed by atoms with Gasteiger partial charge in [-0.2, -0.15) is 0 Å². The molecule has 1 aromatic rings. The van der Waals surface area contributed by atoms with Gasteiger partial charge in [-0.05, 0) is 36.3 Å². The molecule has 0 saturated carbocycles. The van der Waals surface area contributed by atoms with E-state index >= 15 is 0 Å². The standard InChI is InChI=1S/C14H16O/c1-11-6-8-12(9-7-11)14-5-3-2-4-13(14)10-15/h2-5,8,10-11H,6-7,9H2,1H3. The average molecular weight is 200 g/mol. The number of hydrogen-bond donors (Lipinski definition) is 0. The van der Waals surface area contributed by atoms with Gasteiger partial charge in [-0.3, -0.25) is 4.79 Å². The van der Waals surface area contributed by atoms with E-state index in [0.717, 1.165) is 36.2 Å². The fourth-order valence-electron chi connectivity index (χ4n) is 2.10. The lowest BCUT2D eigenvalue weighted by Gasteiger charge is -2.19. The largest absolute Gasteiger partial charge is 0.298 e. The zero-order valence-corrected chi connectivity index (χ0v) is 9.07. The smallest absolute Gasteiger partial charge is 0.150 e. The first kappa shape index (κ1) is 10.2. The molecule has 1 aliphatic rings. The van der Waals surface area contributed by atoms with Gasteiger partial charge in [-0.25, -0.2) is 0 Å². The van der Waals surface area contributed by atoms with Crippen molar-refractivity contribution in [1.82, 2.24) is 0 Å². The number of allylic oxidation sites excluding steroid dienone is 2. The Bertz CT molecular complexity index is 390. The summed E-state index contributed by atoms with van der Waals surface area (Å²) in [5.41, 5.74) is 3.29. The summed E-state index contributed by atoms with van der Waals surface area (Å²) in [6.45, 7) is 2.28. The van der Waals surface area contributed by atoms with Gasteiger partial charge >= 0.3 is 0 Å². The number of carbonyl (C=O) groups excluding carboxylic acids is 1. The van der Waals surface area contributed by atoms with Crippen molar-refractivity contribution in [2.45, 2.75) is 26.2 Å². The summed E-state index contributed by atoms with van der Waals surface area (Å²) >= 11 is 0. The van der Waals surface area contributed by atoms with Crippen LogP contribution >= 0.6 is 0 Å². The van der Waals surface area contributed by atoms with Gasteiger partial charge in [0.05, 0.1) is 0 Å². The van der Waals surface area contributed by atoms with Crippen molar-refractivity contribution >= 4 is 11.9 Å².